The summed E-state index contributed by atoms with van der Waals surface area (Å²) in [5.74, 6) is 1.68. The predicted molar refractivity (Wildman–Crippen MR) is 64.8 cm³/mol. The maximum atomic E-state index is 11.6. The van der Waals surface area contributed by atoms with E-state index in [2.05, 4.69) is 13.5 Å². The fraction of sp³-hybridized carbons (Fsp3) is 0.786. The van der Waals surface area contributed by atoms with E-state index >= 15 is 0 Å². The van der Waals surface area contributed by atoms with Gasteiger partial charge in [-0.15, -0.1) is 6.58 Å². The first kappa shape index (κ1) is 12.5. The largest absolute Gasteiger partial charge is 0.299 e. The van der Waals surface area contributed by atoms with Gasteiger partial charge in [-0.05, 0) is 38.0 Å². The van der Waals surface area contributed by atoms with Gasteiger partial charge in [0.05, 0.1) is 0 Å². The van der Waals surface area contributed by atoms with Crippen LogP contribution in [0, 0.1) is 11.8 Å². The van der Waals surface area contributed by atoms with Gasteiger partial charge in [-0.25, -0.2) is 0 Å². The zero-order chi connectivity index (χ0) is 11.1. The van der Waals surface area contributed by atoms with Gasteiger partial charge in [0.2, 0.25) is 0 Å². The molecule has 1 heteroatoms. The van der Waals surface area contributed by atoms with Crippen molar-refractivity contribution in [3.8, 4) is 0 Å². The second-order valence-electron chi connectivity index (χ2n) is 4.97. The molecular formula is C14H24O. The van der Waals surface area contributed by atoms with Crippen LogP contribution >= 0.6 is 0 Å². The van der Waals surface area contributed by atoms with E-state index in [9.17, 15) is 4.79 Å². The average molecular weight is 208 g/mol. The Hall–Kier alpha value is -0.590. The van der Waals surface area contributed by atoms with E-state index in [4.69, 9.17) is 0 Å². The minimum Gasteiger partial charge on any atom is -0.299 e. The molecule has 1 aliphatic rings. The standard InChI is InChI=1S/C14H24O/c1-3-4-5-6-7-8-13-11-12(2)9-10-14(13)15/h3,12-13H,1,4-11H2,2H3. The van der Waals surface area contributed by atoms with Gasteiger partial charge < -0.3 is 0 Å². The molecule has 1 rings (SSSR count). The van der Waals surface area contributed by atoms with Crippen LogP contribution in [0.3, 0.4) is 0 Å². The second kappa shape index (κ2) is 6.81. The number of carbonyl (C=O) groups excluding carboxylic acids is 1. The number of carbonyl (C=O) groups is 1. The molecule has 1 aliphatic carbocycles. The Morgan fingerprint density at radius 2 is 2.20 bits per heavy atom. The summed E-state index contributed by atoms with van der Waals surface area (Å²) in [6.07, 6.45) is 11.0. The molecule has 0 aromatic carbocycles. The topological polar surface area (TPSA) is 17.1 Å². The van der Waals surface area contributed by atoms with Crippen molar-refractivity contribution in [2.24, 2.45) is 11.8 Å². The SMILES string of the molecule is C=CCCCCCC1CC(C)CCC1=O. The van der Waals surface area contributed by atoms with Crippen LogP contribution in [0.1, 0.15) is 58.3 Å². The molecule has 1 saturated carbocycles. The molecule has 0 N–H and O–H groups in total. The smallest absolute Gasteiger partial charge is 0.135 e. The van der Waals surface area contributed by atoms with Crippen molar-refractivity contribution in [2.75, 3.05) is 0 Å². The van der Waals surface area contributed by atoms with E-state index in [1.54, 1.807) is 0 Å². The summed E-state index contributed by atoms with van der Waals surface area (Å²) in [6.45, 7) is 5.99. The fourth-order valence-corrected chi connectivity index (χ4v) is 2.46. The minimum absolute atomic E-state index is 0.387. The molecule has 0 saturated heterocycles. The molecule has 0 aromatic heterocycles. The first-order valence-corrected chi connectivity index (χ1v) is 6.37. The van der Waals surface area contributed by atoms with E-state index in [1.165, 1.54) is 19.3 Å². The molecule has 0 aliphatic heterocycles. The van der Waals surface area contributed by atoms with Crippen LogP contribution in [0.25, 0.3) is 0 Å². The molecule has 0 radical (unpaired) electrons. The highest BCUT2D eigenvalue weighted by atomic mass is 16.1. The molecule has 15 heavy (non-hydrogen) atoms. The first-order chi connectivity index (χ1) is 7.24. The van der Waals surface area contributed by atoms with Gasteiger partial charge >= 0.3 is 0 Å². The Kier molecular flexibility index (Phi) is 5.67. The normalized spacial score (nSPS) is 26.6. The van der Waals surface area contributed by atoms with Crippen LogP contribution in [0.5, 0.6) is 0 Å². The molecule has 1 nitrogen and oxygen atoms in total. The Bertz CT molecular complexity index is 207. The van der Waals surface area contributed by atoms with Crippen LogP contribution in [0.15, 0.2) is 12.7 Å². The van der Waals surface area contributed by atoms with Crippen molar-refractivity contribution in [1.82, 2.24) is 0 Å². The Labute approximate surface area is 93.9 Å². The van der Waals surface area contributed by atoms with Crippen molar-refractivity contribution in [1.29, 1.82) is 0 Å². The van der Waals surface area contributed by atoms with E-state index in [-0.39, 0.29) is 0 Å². The molecule has 0 aromatic rings. The van der Waals surface area contributed by atoms with Gasteiger partial charge in [-0.3, -0.25) is 4.79 Å². The van der Waals surface area contributed by atoms with Crippen LogP contribution < -0.4 is 0 Å². The lowest BCUT2D eigenvalue weighted by atomic mass is 9.79. The highest BCUT2D eigenvalue weighted by Gasteiger charge is 2.25. The van der Waals surface area contributed by atoms with Gasteiger partial charge in [0.15, 0.2) is 0 Å². The number of unbranched alkanes of at least 4 members (excludes halogenated alkanes) is 3. The van der Waals surface area contributed by atoms with Crippen LogP contribution in [-0.2, 0) is 4.79 Å². The number of hydrogen-bond donors (Lipinski definition) is 0. The van der Waals surface area contributed by atoms with Crippen molar-refractivity contribution in [3.05, 3.63) is 12.7 Å². The molecular weight excluding hydrogens is 184 g/mol. The van der Waals surface area contributed by atoms with E-state index in [0.29, 0.717) is 11.7 Å². The summed E-state index contributed by atoms with van der Waals surface area (Å²) in [4.78, 5) is 11.6. The molecule has 2 atom stereocenters. The second-order valence-corrected chi connectivity index (χ2v) is 4.97. The summed E-state index contributed by atoms with van der Waals surface area (Å²) in [7, 11) is 0. The number of allylic oxidation sites excluding steroid dienone is 1. The van der Waals surface area contributed by atoms with Crippen molar-refractivity contribution < 1.29 is 4.79 Å². The Balaban J connectivity index is 2.13. The molecule has 0 amide bonds. The van der Waals surface area contributed by atoms with Gasteiger partial charge in [0.1, 0.15) is 5.78 Å². The highest BCUT2D eigenvalue weighted by Crippen LogP contribution is 2.29. The molecule has 0 heterocycles. The van der Waals surface area contributed by atoms with Crippen molar-refractivity contribution >= 4 is 5.78 Å². The fourth-order valence-electron chi connectivity index (χ4n) is 2.46. The third kappa shape index (κ3) is 4.63. The lowest BCUT2D eigenvalue weighted by Gasteiger charge is -2.25. The number of Topliss-reactive ketones (excluding diaryl/α,β-unsaturated/α-hetero) is 1. The summed E-state index contributed by atoms with van der Waals surface area (Å²) < 4.78 is 0. The first-order valence-electron chi connectivity index (χ1n) is 6.37. The maximum absolute atomic E-state index is 11.6. The van der Waals surface area contributed by atoms with Gasteiger partial charge in [0, 0.05) is 12.3 Å². The summed E-state index contributed by atoms with van der Waals surface area (Å²) in [6, 6.07) is 0. The number of ketones is 1. The highest BCUT2D eigenvalue weighted by molar-refractivity contribution is 5.81. The Morgan fingerprint density at radius 3 is 2.93 bits per heavy atom. The van der Waals surface area contributed by atoms with Crippen molar-refractivity contribution in [2.45, 2.75) is 58.3 Å². The van der Waals surface area contributed by atoms with Gasteiger partial charge in [0.25, 0.3) is 0 Å². The molecule has 86 valence electrons. The zero-order valence-corrected chi connectivity index (χ0v) is 10.0. The monoisotopic (exact) mass is 208 g/mol. The van der Waals surface area contributed by atoms with Crippen LogP contribution in [-0.4, -0.2) is 5.78 Å². The molecule has 0 bridgehead atoms. The summed E-state index contributed by atoms with van der Waals surface area (Å²) in [5, 5.41) is 0. The number of hydrogen-bond acceptors (Lipinski definition) is 1. The quantitative estimate of drug-likeness (QED) is 0.474. The third-order valence-corrected chi connectivity index (χ3v) is 3.49. The molecule has 0 spiro atoms. The summed E-state index contributed by atoms with van der Waals surface area (Å²) >= 11 is 0. The molecule has 1 fully saturated rings. The lowest BCUT2D eigenvalue weighted by molar-refractivity contribution is -0.125. The van der Waals surface area contributed by atoms with Gasteiger partial charge in [-0.1, -0.05) is 25.8 Å². The molecule has 2 unspecified atom stereocenters. The summed E-state index contributed by atoms with van der Waals surface area (Å²) in [5.41, 5.74) is 0. The van der Waals surface area contributed by atoms with E-state index < -0.39 is 0 Å². The minimum atomic E-state index is 0.387. The van der Waals surface area contributed by atoms with E-state index in [1.807, 2.05) is 6.08 Å². The van der Waals surface area contributed by atoms with Gasteiger partial charge in [-0.2, -0.15) is 0 Å². The van der Waals surface area contributed by atoms with Crippen LogP contribution in [0.4, 0.5) is 0 Å². The number of rotatable bonds is 6. The predicted octanol–water partition coefficient (Wildman–Crippen LogP) is 4.13. The average Bonchev–Trinajstić information content (AvgIpc) is 2.23. The van der Waals surface area contributed by atoms with Crippen LogP contribution in [0.2, 0.25) is 0 Å². The Morgan fingerprint density at radius 1 is 1.40 bits per heavy atom. The maximum Gasteiger partial charge on any atom is 0.135 e. The van der Waals surface area contributed by atoms with E-state index in [0.717, 1.165) is 38.0 Å². The third-order valence-electron chi connectivity index (χ3n) is 3.49. The zero-order valence-electron chi connectivity index (χ0n) is 10.0. The lowest BCUT2D eigenvalue weighted by Crippen LogP contribution is -2.23. The van der Waals surface area contributed by atoms with Crippen molar-refractivity contribution in [3.63, 3.8) is 0 Å².